The summed E-state index contributed by atoms with van der Waals surface area (Å²) < 4.78 is 40.0. The third-order valence-electron chi connectivity index (χ3n) is 17.9. The van der Waals surface area contributed by atoms with Gasteiger partial charge in [0.15, 0.2) is 0 Å². The average Bonchev–Trinajstić information content (AvgIpc) is 3.48. The molecule has 0 atom stereocenters. The second kappa shape index (κ2) is 28.5. The largest absolute Gasteiger partial charge is 1.00 e. The summed E-state index contributed by atoms with van der Waals surface area (Å²) in [6.45, 7) is 14.6. The van der Waals surface area contributed by atoms with Crippen LogP contribution in [0.25, 0.3) is 0 Å². The van der Waals surface area contributed by atoms with Gasteiger partial charge in [0.25, 0.3) is 0 Å². The molecule has 2 N–H and O–H groups in total. The number of ether oxygens (including phenoxy) is 2. The van der Waals surface area contributed by atoms with Crippen molar-refractivity contribution in [1.82, 2.24) is 0 Å². The highest BCUT2D eigenvalue weighted by atomic mass is 79.9. The van der Waals surface area contributed by atoms with Gasteiger partial charge in [0, 0.05) is 62.2 Å². The minimum Gasteiger partial charge on any atom is -1.00 e. The fourth-order valence-electron chi connectivity index (χ4n) is 13.3. The molecule has 6 nitrogen and oxygen atoms in total. The van der Waals surface area contributed by atoms with Gasteiger partial charge in [0.2, 0.25) is 0 Å². The van der Waals surface area contributed by atoms with Crippen LogP contribution in [0.2, 0.25) is 0 Å². The van der Waals surface area contributed by atoms with Gasteiger partial charge in [-0.1, -0.05) is 174 Å². The van der Waals surface area contributed by atoms with E-state index in [1.807, 2.05) is 72.8 Å². The van der Waals surface area contributed by atoms with Crippen LogP contribution < -0.4 is 43.4 Å². The first-order valence-electron chi connectivity index (χ1n) is 28.2. The number of hydrogen-bond donors (Lipinski definition) is 2. The molecule has 0 spiro atoms. The van der Waals surface area contributed by atoms with E-state index in [2.05, 4.69) is 62.4 Å². The topological polar surface area (TPSA) is 58.9 Å². The van der Waals surface area contributed by atoms with Crippen LogP contribution in [0.15, 0.2) is 170 Å². The van der Waals surface area contributed by atoms with Crippen molar-refractivity contribution in [3.05, 3.63) is 204 Å². The lowest BCUT2D eigenvalue weighted by Crippen LogP contribution is -3.00. The van der Waals surface area contributed by atoms with Gasteiger partial charge in [-0.2, -0.15) is 0 Å². The molecule has 0 aliphatic carbocycles. The number of fused-ring (bicyclic) bond motifs is 6. The molecule has 0 aromatic heterocycles. The summed E-state index contributed by atoms with van der Waals surface area (Å²) in [6.07, 6.45) is 16.6. The van der Waals surface area contributed by atoms with Gasteiger partial charge in [-0.05, 0) is 70.8 Å². The molecule has 12 rings (SSSR count). The summed E-state index contributed by atoms with van der Waals surface area (Å²) >= 11 is 0. The Bertz CT molecular complexity index is 2270. The van der Waals surface area contributed by atoms with Crippen LogP contribution in [0.1, 0.15) is 126 Å². The first-order chi connectivity index (χ1) is 36.0. The number of aliphatic hydroxyl groups is 2. The van der Waals surface area contributed by atoms with Crippen LogP contribution in [0.4, 0.5) is 8.78 Å². The Morgan fingerprint density at radius 2 is 0.658 bits per heavy atom. The first-order valence-corrected chi connectivity index (χ1v) is 28.2. The highest BCUT2D eigenvalue weighted by molar-refractivity contribution is 5.41. The number of hydrogen-bond acceptors (Lipinski definition) is 4. The zero-order chi connectivity index (χ0) is 51.8. The number of halogens is 4. The number of benzene rings is 6. The molecule has 6 heterocycles. The van der Waals surface area contributed by atoms with Gasteiger partial charge < -0.3 is 62.6 Å². The number of quaternary nitrogens is 2. The van der Waals surface area contributed by atoms with E-state index in [1.165, 1.54) is 62.8 Å². The SMILES string of the molecule is CCCCCCCC.OC(c1ccccc1)(c1ccccc1)C12CC[N+](CCCOc3ccc(F)cc3)(CC1)CC2.OC(c1ccccc1)(c1ccccc1)C12CC[N+](CCCOc3ccc(F)cc3)(CC1)CC2.[Br-].[Br-]. The number of rotatable bonds is 21. The van der Waals surface area contributed by atoms with Crippen molar-refractivity contribution < 1.29 is 71.4 Å². The van der Waals surface area contributed by atoms with Crippen molar-refractivity contribution in [3.8, 4) is 11.5 Å². The molecule has 6 aliphatic heterocycles. The molecule has 6 aliphatic rings. The van der Waals surface area contributed by atoms with Crippen LogP contribution in [0, 0.1) is 22.5 Å². The highest BCUT2D eigenvalue weighted by Gasteiger charge is 2.61. The molecule has 4 bridgehead atoms. The van der Waals surface area contributed by atoms with Gasteiger partial charge in [-0.25, -0.2) is 8.78 Å². The maximum Gasteiger partial charge on any atom is 0.123 e. The molecule has 6 aromatic rings. The molecule has 6 aromatic carbocycles. The van der Waals surface area contributed by atoms with Gasteiger partial charge >= 0.3 is 0 Å². The zero-order valence-corrected chi connectivity index (χ0v) is 48.4. The average molecular weight is 1170 g/mol. The lowest BCUT2D eigenvalue weighted by Gasteiger charge is -2.60. The number of piperidine rings is 6. The standard InChI is InChI=1S/2C29H33FNO2.C8H18.2BrH/c2*30-26-12-14-27(15-13-26)33-23-7-19-31-20-16-28(17-21-31,18-22-31)29(32,24-8-3-1-4-9-24)25-10-5-2-6-11-25;1-3-5-7-8-6-4-2;;/h2*1-6,8-15,32H,7,16-23H2;3-8H2,1-2H3;2*1H/q2*+1;;;/p-2. The van der Waals surface area contributed by atoms with Crippen molar-refractivity contribution in [3.63, 3.8) is 0 Å². The maximum absolute atomic E-state index is 13.1. The van der Waals surface area contributed by atoms with Crippen molar-refractivity contribution in [2.24, 2.45) is 10.8 Å². The molecule has 0 saturated carbocycles. The summed E-state index contributed by atoms with van der Waals surface area (Å²) in [6, 6.07) is 53.5. The fraction of sp³-hybridized carbons (Fsp3) is 0.455. The molecule has 0 radical (unpaired) electrons. The summed E-state index contributed by atoms with van der Waals surface area (Å²) in [4.78, 5) is 0. The minimum atomic E-state index is -0.974. The summed E-state index contributed by atoms with van der Waals surface area (Å²) in [5.74, 6) is 0.973. The molecular formula is C66H84Br2F2N2O4. The van der Waals surface area contributed by atoms with E-state index >= 15 is 0 Å². The van der Waals surface area contributed by atoms with Crippen LogP contribution in [-0.2, 0) is 11.2 Å². The van der Waals surface area contributed by atoms with E-state index in [1.54, 1.807) is 24.3 Å². The monoisotopic (exact) mass is 1160 g/mol. The Kier molecular flexibility index (Phi) is 22.8. The molecular weight excluding hydrogens is 1080 g/mol. The molecule has 0 amide bonds. The molecule has 410 valence electrons. The Balaban J connectivity index is 0.000000211. The molecule has 10 heteroatoms. The number of nitrogens with zero attached hydrogens (tertiary/aromatic N) is 2. The predicted octanol–water partition coefficient (Wildman–Crippen LogP) is 8.44. The van der Waals surface area contributed by atoms with Gasteiger partial charge in [0.1, 0.15) is 34.3 Å². The van der Waals surface area contributed by atoms with E-state index in [9.17, 15) is 19.0 Å². The predicted molar refractivity (Wildman–Crippen MR) is 296 cm³/mol. The van der Waals surface area contributed by atoms with E-state index in [-0.39, 0.29) is 56.4 Å². The summed E-state index contributed by atoms with van der Waals surface area (Å²) in [7, 11) is 0. The van der Waals surface area contributed by atoms with Crippen molar-refractivity contribution in [1.29, 1.82) is 0 Å². The quantitative estimate of drug-likeness (QED) is 0.0562. The van der Waals surface area contributed by atoms with Crippen molar-refractivity contribution in [2.45, 2.75) is 115 Å². The van der Waals surface area contributed by atoms with Crippen LogP contribution >= 0.6 is 0 Å². The Morgan fingerprint density at radius 1 is 0.395 bits per heavy atom. The van der Waals surface area contributed by atoms with Gasteiger partial charge in [-0.3, -0.25) is 0 Å². The smallest absolute Gasteiger partial charge is 0.123 e. The molecule has 6 fully saturated rings. The summed E-state index contributed by atoms with van der Waals surface area (Å²) in [5, 5.41) is 24.9. The highest BCUT2D eigenvalue weighted by Crippen LogP contribution is 2.59. The third-order valence-corrected chi connectivity index (χ3v) is 17.9. The Hall–Kier alpha value is -4.42. The van der Waals surface area contributed by atoms with Crippen molar-refractivity contribution >= 4 is 0 Å². The second-order valence-corrected chi connectivity index (χ2v) is 22.1. The van der Waals surface area contributed by atoms with Gasteiger partial charge in [0.05, 0.1) is 65.6 Å². The lowest BCUT2D eigenvalue weighted by molar-refractivity contribution is -0.946. The van der Waals surface area contributed by atoms with Crippen LogP contribution in [0.3, 0.4) is 0 Å². The van der Waals surface area contributed by atoms with E-state index < -0.39 is 11.2 Å². The van der Waals surface area contributed by atoms with Crippen LogP contribution in [0.5, 0.6) is 11.5 Å². The maximum atomic E-state index is 13.1. The van der Waals surface area contributed by atoms with Crippen molar-refractivity contribution in [2.75, 3.05) is 65.6 Å². The molecule has 76 heavy (non-hydrogen) atoms. The normalized spacial score (nSPS) is 22.3. The van der Waals surface area contributed by atoms with E-state index in [4.69, 9.17) is 9.47 Å². The summed E-state index contributed by atoms with van der Waals surface area (Å²) in [5.41, 5.74) is 1.80. The molecule has 6 saturated heterocycles. The number of unbranched alkanes of at least 4 members (excludes halogenated alkanes) is 5. The Labute approximate surface area is 475 Å². The fourth-order valence-corrected chi connectivity index (χ4v) is 13.3. The van der Waals surface area contributed by atoms with E-state index in [0.717, 1.165) is 146 Å². The van der Waals surface area contributed by atoms with E-state index in [0.29, 0.717) is 13.2 Å². The minimum absolute atomic E-state index is 0. The molecule has 0 unspecified atom stereocenters. The van der Waals surface area contributed by atoms with Crippen LogP contribution in [-0.4, -0.2) is 84.8 Å². The lowest BCUT2D eigenvalue weighted by atomic mass is 9.56. The van der Waals surface area contributed by atoms with Gasteiger partial charge in [-0.15, -0.1) is 0 Å². The third kappa shape index (κ3) is 14.1. The zero-order valence-electron chi connectivity index (χ0n) is 45.3. The Morgan fingerprint density at radius 3 is 0.908 bits per heavy atom. The second-order valence-electron chi connectivity index (χ2n) is 22.1. The first kappa shape index (κ1) is 60.8.